The van der Waals surface area contributed by atoms with Gasteiger partial charge in [0.25, 0.3) is 0 Å². The van der Waals surface area contributed by atoms with Crippen LogP contribution in [0.4, 0.5) is 0 Å². The van der Waals surface area contributed by atoms with Gasteiger partial charge >= 0.3 is 5.97 Å². The number of nitrogens with zero attached hydrogens (tertiary/aromatic N) is 1. The molecule has 6 heteroatoms. The predicted molar refractivity (Wildman–Crippen MR) is 128 cm³/mol. The summed E-state index contributed by atoms with van der Waals surface area (Å²) in [7, 11) is 1.70. The summed E-state index contributed by atoms with van der Waals surface area (Å²) in [6.45, 7) is 7.73. The molecular formula is C27H35NO5. The van der Waals surface area contributed by atoms with E-state index in [-0.39, 0.29) is 17.0 Å². The molecule has 1 atom stereocenters. The van der Waals surface area contributed by atoms with Crippen LogP contribution >= 0.6 is 0 Å². The van der Waals surface area contributed by atoms with E-state index in [0.717, 1.165) is 48.3 Å². The number of rotatable bonds is 7. The Morgan fingerprint density at radius 1 is 1.15 bits per heavy atom. The highest BCUT2D eigenvalue weighted by molar-refractivity contribution is 5.87. The number of fused-ring (bicyclic) bond motifs is 3. The number of carboxylic acid groups (broad SMARTS) is 1. The number of benzene rings is 1. The molecule has 2 heterocycles. The second kappa shape index (κ2) is 9.34. The number of carboxylic acids is 1. The summed E-state index contributed by atoms with van der Waals surface area (Å²) in [6.07, 6.45) is 7.85. The van der Waals surface area contributed by atoms with Gasteiger partial charge in [0, 0.05) is 44.0 Å². The Kier molecular flexibility index (Phi) is 6.66. The van der Waals surface area contributed by atoms with Crippen molar-refractivity contribution in [3.8, 4) is 17.0 Å². The minimum Gasteiger partial charge on any atom is -0.493 e. The minimum atomic E-state index is -1.18. The molecule has 0 radical (unpaired) electrons. The van der Waals surface area contributed by atoms with E-state index in [1.54, 1.807) is 13.3 Å². The maximum atomic E-state index is 12.7. The van der Waals surface area contributed by atoms with Crippen molar-refractivity contribution in [3.05, 3.63) is 51.3 Å². The molecule has 1 fully saturated rings. The van der Waals surface area contributed by atoms with E-state index in [9.17, 15) is 14.7 Å². The lowest BCUT2D eigenvalue weighted by Gasteiger charge is -2.39. The molecule has 4 rings (SSSR count). The molecule has 0 spiro atoms. The number of hydrogen-bond donors (Lipinski definition) is 1. The first kappa shape index (κ1) is 23.6. The summed E-state index contributed by atoms with van der Waals surface area (Å²) in [4.78, 5) is 24.4. The molecule has 2 aromatic rings. The number of aromatic nitrogens is 1. The number of aromatic carboxylic acids is 1. The highest BCUT2D eigenvalue weighted by atomic mass is 16.5. The van der Waals surface area contributed by atoms with Gasteiger partial charge in [0.15, 0.2) is 5.43 Å². The van der Waals surface area contributed by atoms with Crippen LogP contribution in [0.15, 0.2) is 29.2 Å². The van der Waals surface area contributed by atoms with Crippen LogP contribution in [0.5, 0.6) is 5.75 Å². The number of methoxy groups -OCH3 is 1. The third kappa shape index (κ3) is 4.72. The lowest BCUT2D eigenvalue weighted by Crippen LogP contribution is -2.33. The number of hydrogen-bond acceptors (Lipinski definition) is 4. The van der Waals surface area contributed by atoms with Crippen LogP contribution in [0.3, 0.4) is 0 Å². The number of ether oxygens (including phenoxy) is 2. The van der Waals surface area contributed by atoms with Gasteiger partial charge in [0.1, 0.15) is 11.3 Å². The summed E-state index contributed by atoms with van der Waals surface area (Å²) < 4.78 is 13.5. The van der Waals surface area contributed by atoms with E-state index in [1.165, 1.54) is 24.5 Å². The van der Waals surface area contributed by atoms with Crippen LogP contribution in [0.1, 0.15) is 86.3 Å². The Hall–Kier alpha value is -2.60. The third-order valence-corrected chi connectivity index (χ3v) is 7.12. The molecule has 1 aromatic carbocycles. The lowest BCUT2D eigenvalue weighted by atomic mass is 9.78. The fourth-order valence-electron chi connectivity index (χ4n) is 5.33. The lowest BCUT2D eigenvalue weighted by molar-refractivity contribution is 0.0693. The van der Waals surface area contributed by atoms with E-state index in [1.807, 2.05) is 4.57 Å². The molecule has 1 aromatic heterocycles. The molecular weight excluding hydrogens is 418 g/mol. The van der Waals surface area contributed by atoms with Crippen molar-refractivity contribution in [2.24, 2.45) is 5.41 Å². The average Bonchev–Trinajstić information content (AvgIpc) is 3.29. The highest BCUT2D eigenvalue weighted by Gasteiger charge is 2.35. The Balaban J connectivity index is 1.86. The van der Waals surface area contributed by atoms with Crippen LogP contribution in [-0.2, 0) is 11.2 Å². The van der Waals surface area contributed by atoms with Crippen molar-refractivity contribution in [1.29, 1.82) is 0 Å². The monoisotopic (exact) mass is 453 g/mol. The maximum absolute atomic E-state index is 12.7. The SMILES string of the molecule is COCCCOc1cc2c(cc1C1CCCC1)-c1cc(=O)c(C(=O)O)cn1[C@H](C(C)(C)C)C2. The Bertz CT molecular complexity index is 1090. The summed E-state index contributed by atoms with van der Waals surface area (Å²) in [5.74, 6) is 0.217. The Morgan fingerprint density at radius 3 is 2.52 bits per heavy atom. The first-order valence-corrected chi connectivity index (χ1v) is 12.0. The van der Waals surface area contributed by atoms with E-state index >= 15 is 0 Å². The van der Waals surface area contributed by atoms with Gasteiger partial charge in [-0.1, -0.05) is 33.6 Å². The molecule has 0 amide bonds. The normalized spacial score (nSPS) is 18.1. The van der Waals surface area contributed by atoms with Crippen LogP contribution < -0.4 is 10.2 Å². The number of pyridine rings is 1. The predicted octanol–water partition coefficient (Wildman–Crippen LogP) is 5.43. The van der Waals surface area contributed by atoms with Crippen molar-refractivity contribution in [2.45, 2.75) is 71.3 Å². The molecule has 178 valence electrons. The van der Waals surface area contributed by atoms with Crippen molar-refractivity contribution < 1.29 is 19.4 Å². The van der Waals surface area contributed by atoms with Gasteiger partial charge in [0.05, 0.1) is 12.3 Å². The molecule has 1 aliphatic carbocycles. The first-order chi connectivity index (χ1) is 15.7. The Morgan fingerprint density at radius 2 is 1.88 bits per heavy atom. The van der Waals surface area contributed by atoms with Gasteiger partial charge in [-0.05, 0) is 53.9 Å². The molecule has 2 aliphatic rings. The largest absolute Gasteiger partial charge is 0.493 e. The average molecular weight is 454 g/mol. The fraction of sp³-hybridized carbons (Fsp3) is 0.556. The minimum absolute atomic E-state index is 0.0253. The third-order valence-electron chi connectivity index (χ3n) is 7.12. The first-order valence-electron chi connectivity index (χ1n) is 12.0. The summed E-state index contributed by atoms with van der Waals surface area (Å²) >= 11 is 0. The number of carbonyl (C=O) groups is 1. The van der Waals surface area contributed by atoms with E-state index < -0.39 is 11.4 Å². The highest BCUT2D eigenvalue weighted by Crippen LogP contribution is 2.47. The summed E-state index contributed by atoms with van der Waals surface area (Å²) in [5.41, 5.74) is 3.44. The van der Waals surface area contributed by atoms with E-state index in [0.29, 0.717) is 19.1 Å². The van der Waals surface area contributed by atoms with E-state index in [2.05, 4.69) is 32.9 Å². The smallest absolute Gasteiger partial charge is 0.341 e. The molecule has 1 N–H and O–H groups in total. The zero-order chi connectivity index (χ0) is 23.8. The molecule has 1 aliphatic heterocycles. The van der Waals surface area contributed by atoms with Gasteiger partial charge in [-0.3, -0.25) is 4.79 Å². The topological polar surface area (TPSA) is 77.8 Å². The quantitative estimate of drug-likeness (QED) is 0.566. The molecule has 1 saturated carbocycles. The summed E-state index contributed by atoms with van der Waals surface area (Å²) in [5, 5.41) is 9.56. The van der Waals surface area contributed by atoms with Gasteiger partial charge in [-0.25, -0.2) is 4.79 Å². The van der Waals surface area contributed by atoms with Crippen molar-refractivity contribution in [2.75, 3.05) is 20.3 Å². The van der Waals surface area contributed by atoms with Crippen molar-refractivity contribution >= 4 is 5.97 Å². The standard InChI is InChI=1S/C27H35NO5/c1-27(2,3)25-13-18-12-24(33-11-7-10-32-4)20(17-8-5-6-9-17)14-19(18)22-15-23(29)21(26(30)31)16-28(22)25/h12,14-17,25H,5-11,13H2,1-4H3,(H,30,31)/t25-/m0/s1. The Labute approximate surface area is 195 Å². The van der Waals surface area contributed by atoms with Gasteiger partial charge < -0.3 is 19.1 Å². The second-order valence-corrected chi connectivity index (χ2v) is 10.5. The van der Waals surface area contributed by atoms with Crippen molar-refractivity contribution in [1.82, 2.24) is 4.57 Å². The van der Waals surface area contributed by atoms with Crippen LogP contribution in [0.2, 0.25) is 0 Å². The van der Waals surface area contributed by atoms with Crippen LogP contribution in [0, 0.1) is 5.41 Å². The van der Waals surface area contributed by atoms with E-state index in [4.69, 9.17) is 9.47 Å². The zero-order valence-electron chi connectivity index (χ0n) is 20.1. The molecule has 0 bridgehead atoms. The van der Waals surface area contributed by atoms with Gasteiger partial charge in [-0.2, -0.15) is 0 Å². The fourth-order valence-corrected chi connectivity index (χ4v) is 5.33. The molecule has 33 heavy (non-hydrogen) atoms. The van der Waals surface area contributed by atoms with Gasteiger partial charge in [-0.15, -0.1) is 0 Å². The summed E-state index contributed by atoms with van der Waals surface area (Å²) in [6, 6.07) is 5.92. The van der Waals surface area contributed by atoms with Crippen molar-refractivity contribution in [3.63, 3.8) is 0 Å². The van der Waals surface area contributed by atoms with Crippen LogP contribution in [-0.4, -0.2) is 36.0 Å². The maximum Gasteiger partial charge on any atom is 0.341 e. The molecule has 0 saturated heterocycles. The molecule has 0 unspecified atom stereocenters. The second-order valence-electron chi connectivity index (χ2n) is 10.5. The van der Waals surface area contributed by atoms with Crippen LogP contribution in [0.25, 0.3) is 11.3 Å². The van der Waals surface area contributed by atoms with Gasteiger partial charge in [0.2, 0.25) is 0 Å². The zero-order valence-corrected chi connectivity index (χ0v) is 20.1. The molecule has 6 nitrogen and oxygen atoms in total.